The van der Waals surface area contributed by atoms with Crippen LogP contribution < -0.4 is 5.73 Å². The van der Waals surface area contributed by atoms with Crippen molar-refractivity contribution in [3.63, 3.8) is 0 Å². The Morgan fingerprint density at radius 2 is 2.26 bits per heavy atom. The predicted molar refractivity (Wildman–Crippen MR) is 67.6 cm³/mol. The normalized spacial score (nSPS) is 16.1. The van der Waals surface area contributed by atoms with Gasteiger partial charge in [0.2, 0.25) is 15.8 Å². The first-order valence-corrected chi connectivity index (χ1v) is 7.60. The highest BCUT2D eigenvalue weighted by Gasteiger charge is 2.27. The molecule has 0 aliphatic carbocycles. The van der Waals surface area contributed by atoms with Crippen LogP contribution in [0.1, 0.15) is 35.2 Å². The molecule has 0 unspecified atom stereocenters. The second kappa shape index (κ2) is 5.22. The molecule has 1 aromatic rings. The van der Waals surface area contributed by atoms with Crippen molar-refractivity contribution in [2.75, 3.05) is 12.3 Å². The smallest absolute Gasteiger partial charge is 0.286 e. The number of hydrogen-bond donors (Lipinski definition) is 1. The molecule has 2 N–H and O–H groups in total. The Kier molecular flexibility index (Phi) is 3.81. The molecule has 0 atom stereocenters. The Hall–Kier alpha value is -1.54. The molecule has 1 aromatic heterocycles. The number of carbonyl (C=O) groups excluding carboxylic acids is 1. The number of sulfonamides is 1. The van der Waals surface area contributed by atoms with Crippen LogP contribution in [0.5, 0.6) is 0 Å². The van der Waals surface area contributed by atoms with Crippen LogP contribution in [0, 0.1) is 6.20 Å². The van der Waals surface area contributed by atoms with Gasteiger partial charge >= 0.3 is 0 Å². The van der Waals surface area contributed by atoms with Gasteiger partial charge in [-0.15, -0.1) is 0 Å². The van der Waals surface area contributed by atoms with Crippen molar-refractivity contribution < 1.29 is 13.2 Å². The Balaban J connectivity index is 2.28. The fraction of sp³-hybridized carbons (Fsp3) is 0.545. The quantitative estimate of drug-likeness (QED) is 0.799. The van der Waals surface area contributed by atoms with E-state index in [9.17, 15) is 13.2 Å². The fourth-order valence-electron chi connectivity index (χ4n) is 1.95. The summed E-state index contributed by atoms with van der Waals surface area (Å²) in [7, 11) is -3.27. The number of primary amides is 1. The maximum Gasteiger partial charge on any atom is 0.286 e. The van der Waals surface area contributed by atoms with E-state index in [0.717, 1.165) is 5.56 Å². The number of nitrogens with zero attached hydrogens (tertiary/aromatic N) is 3. The van der Waals surface area contributed by atoms with Gasteiger partial charge in [0.05, 0.1) is 24.2 Å². The van der Waals surface area contributed by atoms with Crippen LogP contribution in [0.25, 0.3) is 0 Å². The summed E-state index contributed by atoms with van der Waals surface area (Å²) in [6.07, 6.45) is 3.77. The van der Waals surface area contributed by atoms with Crippen LogP contribution in [-0.2, 0) is 23.0 Å². The average Bonchev–Trinajstić information content (AvgIpc) is 2.37. The van der Waals surface area contributed by atoms with Gasteiger partial charge in [-0.25, -0.2) is 18.4 Å². The number of hydrogen-bond acceptors (Lipinski definition) is 5. The Morgan fingerprint density at radius 1 is 1.53 bits per heavy atom. The highest BCUT2D eigenvalue weighted by molar-refractivity contribution is 7.89. The minimum Gasteiger partial charge on any atom is -0.363 e. The van der Waals surface area contributed by atoms with E-state index in [4.69, 9.17) is 5.73 Å². The summed E-state index contributed by atoms with van der Waals surface area (Å²) in [5.41, 5.74) is 6.35. The van der Waals surface area contributed by atoms with Crippen LogP contribution in [0.3, 0.4) is 0 Å². The molecule has 0 fully saturated rings. The molecule has 19 heavy (non-hydrogen) atoms. The van der Waals surface area contributed by atoms with Crippen LogP contribution in [0.4, 0.5) is 0 Å². The first-order chi connectivity index (χ1) is 8.94. The van der Waals surface area contributed by atoms with E-state index in [1.54, 1.807) is 0 Å². The van der Waals surface area contributed by atoms with Crippen LogP contribution in [0.15, 0.2) is 0 Å². The molecule has 1 aliphatic rings. The van der Waals surface area contributed by atoms with Gasteiger partial charge in [0.15, 0.2) is 0 Å². The van der Waals surface area contributed by atoms with Crippen molar-refractivity contribution in [3.05, 3.63) is 23.3 Å². The number of carbonyl (C=O) groups is 1. The summed E-state index contributed by atoms with van der Waals surface area (Å²) >= 11 is 0. The SMILES string of the molecule is CCCS(=O)(=O)N1CCc2[c]nc(C(N)=O)nc2C1. The van der Waals surface area contributed by atoms with E-state index in [1.165, 1.54) is 4.31 Å². The largest absolute Gasteiger partial charge is 0.363 e. The van der Waals surface area contributed by atoms with E-state index in [0.29, 0.717) is 25.1 Å². The molecule has 2 rings (SSSR count). The summed E-state index contributed by atoms with van der Waals surface area (Å²) in [6.45, 7) is 2.36. The molecular weight excluding hydrogens is 268 g/mol. The molecule has 103 valence electrons. The summed E-state index contributed by atoms with van der Waals surface area (Å²) in [5, 5.41) is 0. The van der Waals surface area contributed by atoms with Gasteiger partial charge in [-0.2, -0.15) is 4.31 Å². The van der Waals surface area contributed by atoms with E-state index in [2.05, 4.69) is 16.2 Å². The first kappa shape index (κ1) is 13.9. The molecular formula is C11H15N4O3S. The molecule has 0 aromatic carbocycles. The van der Waals surface area contributed by atoms with Crippen molar-refractivity contribution in [2.24, 2.45) is 5.73 Å². The molecule has 7 nitrogen and oxygen atoms in total. The second-order valence-corrected chi connectivity index (χ2v) is 6.44. The molecule has 1 aliphatic heterocycles. The van der Waals surface area contributed by atoms with Gasteiger partial charge in [0.1, 0.15) is 0 Å². The van der Waals surface area contributed by atoms with Crippen molar-refractivity contribution in [2.45, 2.75) is 26.3 Å². The summed E-state index contributed by atoms with van der Waals surface area (Å²) in [5.74, 6) is -0.763. The van der Waals surface area contributed by atoms with E-state index >= 15 is 0 Å². The van der Waals surface area contributed by atoms with Crippen LogP contribution in [-0.4, -0.2) is 40.9 Å². The maximum absolute atomic E-state index is 12.0. The zero-order chi connectivity index (χ0) is 14.0. The molecule has 1 amide bonds. The third kappa shape index (κ3) is 2.90. The molecule has 0 spiro atoms. The minimum absolute atomic E-state index is 0.111. The van der Waals surface area contributed by atoms with Crippen LogP contribution >= 0.6 is 0 Å². The first-order valence-electron chi connectivity index (χ1n) is 5.99. The third-order valence-electron chi connectivity index (χ3n) is 2.90. The lowest BCUT2D eigenvalue weighted by Crippen LogP contribution is -2.38. The van der Waals surface area contributed by atoms with Gasteiger partial charge in [-0.05, 0) is 12.8 Å². The van der Waals surface area contributed by atoms with Gasteiger partial charge < -0.3 is 5.73 Å². The number of nitrogens with two attached hydrogens (primary N) is 1. The Labute approximate surface area is 111 Å². The molecule has 0 saturated heterocycles. The molecule has 8 heteroatoms. The van der Waals surface area contributed by atoms with E-state index < -0.39 is 15.9 Å². The lowest BCUT2D eigenvalue weighted by molar-refractivity contribution is 0.0989. The van der Waals surface area contributed by atoms with E-state index in [1.807, 2.05) is 6.92 Å². The average molecular weight is 283 g/mol. The number of aromatic nitrogens is 2. The van der Waals surface area contributed by atoms with Crippen molar-refractivity contribution in [3.8, 4) is 0 Å². The van der Waals surface area contributed by atoms with Gasteiger partial charge in [-0.3, -0.25) is 4.79 Å². The monoisotopic (exact) mass is 283 g/mol. The zero-order valence-corrected chi connectivity index (χ0v) is 11.4. The molecule has 2 heterocycles. The van der Waals surface area contributed by atoms with E-state index in [-0.39, 0.29) is 18.1 Å². The summed E-state index contributed by atoms with van der Waals surface area (Å²) in [4.78, 5) is 18.8. The van der Waals surface area contributed by atoms with Gasteiger partial charge in [0, 0.05) is 12.1 Å². The third-order valence-corrected chi connectivity index (χ3v) is 4.92. The molecule has 1 radical (unpaired) electrons. The lowest BCUT2D eigenvalue weighted by Gasteiger charge is -2.26. The Morgan fingerprint density at radius 3 is 2.89 bits per heavy atom. The van der Waals surface area contributed by atoms with Crippen LogP contribution in [0.2, 0.25) is 0 Å². The number of fused-ring (bicyclic) bond motifs is 1. The molecule has 0 bridgehead atoms. The van der Waals surface area contributed by atoms with Crippen molar-refractivity contribution in [1.29, 1.82) is 0 Å². The van der Waals surface area contributed by atoms with Gasteiger partial charge in [0.25, 0.3) is 5.91 Å². The highest BCUT2D eigenvalue weighted by atomic mass is 32.2. The predicted octanol–water partition coefficient (Wildman–Crippen LogP) is -0.526. The lowest BCUT2D eigenvalue weighted by atomic mass is 10.1. The fourth-order valence-corrected chi connectivity index (χ4v) is 3.42. The highest BCUT2D eigenvalue weighted by Crippen LogP contribution is 2.19. The Bertz CT molecular complexity index is 600. The summed E-state index contributed by atoms with van der Waals surface area (Å²) in [6, 6.07) is 0. The van der Waals surface area contributed by atoms with Crippen molar-refractivity contribution >= 4 is 15.9 Å². The second-order valence-electron chi connectivity index (χ2n) is 4.35. The maximum atomic E-state index is 12.0. The van der Waals surface area contributed by atoms with Crippen molar-refractivity contribution in [1.82, 2.24) is 14.3 Å². The molecule has 0 saturated carbocycles. The zero-order valence-electron chi connectivity index (χ0n) is 10.6. The van der Waals surface area contributed by atoms with Gasteiger partial charge in [-0.1, -0.05) is 6.92 Å². The number of rotatable bonds is 4. The minimum atomic E-state index is -3.27. The summed E-state index contributed by atoms with van der Waals surface area (Å²) < 4.78 is 25.4. The number of amides is 1. The standard InChI is InChI=1S/C11H15N4O3S/c1-2-5-19(17,18)15-4-3-8-6-13-11(10(12)16)14-9(8)7-15/h2-5,7H2,1H3,(H2,12,16). The topological polar surface area (TPSA) is 106 Å².